The molecular formula is C24H30N2O2S. The average molecular weight is 411 g/mol. The van der Waals surface area contributed by atoms with Crippen LogP contribution in [0.4, 0.5) is 0 Å². The van der Waals surface area contributed by atoms with Crippen LogP contribution in [-0.4, -0.2) is 24.0 Å². The number of amides is 1. The van der Waals surface area contributed by atoms with E-state index < -0.39 is 0 Å². The molecule has 0 spiro atoms. The summed E-state index contributed by atoms with van der Waals surface area (Å²) in [5.41, 5.74) is 2.32. The highest BCUT2D eigenvalue weighted by Gasteiger charge is 2.50. The van der Waals surface area contributed by atoms with E-state index >= 15 is 0 Å². The SMILES string of the molecule is CCOc1ccc(-c2nc(CC(=O)NCC34CC5CC(CC(C5)C3)C4)cs2)cc1. The molecule has 1 aromatic heterocycles. The van der Waals surface area contributed by atoms with E-state index in [1.54, 1.807) is 11.3 Å². The van der Waals surface area contributed by atoms with E-state index in [1.807, 2.05) is 36.6 Å². The summed E-state index contributed by atoms with van der Waals surface area (Å²) in [6.07, 6.45) is 8.70. The Hall–Kier alpha value is -1.88. The third-order valence-electron chi connectivity index (χ3n) is 7.13. The van der Waals surface area contributed by atoms with Crippen LogP contribution >= 0.6 is 11.3 Å². The quantitative estimate of drug-likeness (QED) is 0.692. The van der Waals surface area contributed by atoms with Crippen molar-refractivity contribution < 1.29 is 9.53 Å². The number of rotatable bonds is 7. The lowest BCUT2D eigenvalue weighted by Crippen LogP contribution is -2.51. The van der Waals surface area contributed by atoms with Gasteiger partial charge in [0.15, 0.2) is 0 Å². The molecule has 1 heterocycles. The first-order chi connectivity index (χ1) is 14.1. The molecule has 4 saturated carbocycles. The summed E-state index contributed by atoms with van der Waals surface area (Å²) in [5, 5.41) is 6.23. The Morgan fingerprint density at radius 2 is 1.79 bits per heavy atom. The second kappa shape index (κ2) is 7.75. The van der Waals surface area contributed by atoms with Crippen molar-refractivity contribution in [1.82, 2.24) is 10.3 Å². The largest absolute Gasteiger partial charge is 0.494 e. The van der Waals surface area contributed by atoms with E-state index in [2.05, 4.69) is 10.3 Å². The zero-order chi connectivity index (χ0) is 19.8. The number of ether oxygens (including phenoxy) is 1. The van der Waals surface area contributed by atoms with Crippen molar-refractivity contribution in [3.8, 4) is 16.3 Å². The Labute approximate surface area is 177 Å². The smallest absolute Gasteiger partial charge is 0.226 e. The molecule has 154 valence electrons. The molecule has 0 saturated heterocycles. The Morgan fingerprint density at radius 1 is 1.14 bits per heavy atom. The van der Waals surface area contributed by atoms with Gasteiger partial charge in [-0.3, -0.25) is 4.79 Å². The van der Waals surface area contributed by atoms with Crippen LogP contribution in [-0.2, 0) is 11.2 Å². The molecule has 0 unspecified atom stereocenters. The molecule has 29 heavy (non-hydrogen) atoms. The number of hydrogen-bond acceptors (Lipinski definition) is 4. The van der Waals surface area contributed by atoms with Crippen LogP contribution in [0.1, 0.15) is 51.1 Å². The number of benzene rings is 1. The van der Waals surface area contributed by atoms with Gasteiger partial charge >= 0.3 is 0 Å². The number of hydrogen-bond donors (Lipinski definition) is 1. The van der Waals surface area contributed by atoms with Crippen LogP contribution < -0.4 is 10.1 Å². The standard InChI is InChI=1S/C24H30N2O2S/c1-2-28-21-5-3-19(4-6-21)23-26-20(14-29-23)10-22(27)25-15-24-11-16-7-17(12-24)9-18(8-16)13-24/h3-6,14,16-18H,2,7-13,15H2,1H3,(H,25,27). The number of thiazole rings is 1. The fourth-order valence-corrected chi connectivity index (χ4v) is 7.23. The van der Waals surface area contributed by atoms with Gasteiger partial charge < -0.3 is 10.1 Å². The summed E-state index contributed by atoms with van der Waals surface area (Å²) in [6, 6.07) is 8.00. The second-order valence-electron chi connectivity index (χ2n) is 9.47. The van der Waals surface area contributed by atoms with Gasteiger partial charge in [0.2, 0.25) is 5.91 Å². The van der Waals surface area contributed by atoms with E-state index in [-0.39, 0.29) is 5.91 Å². The van der Waals surface area contributed by atoms with Crippen molar-refractivity contribution in [2.75, 3.05) is 13.2 Å². The van der Waals surface area contributed by atoms with Crippen molar-refractivity contribution in [3.63, 3.8) is 0 Å². The first kappa shape index (κ1) is 19.1. The van der Waals surface area contributed by atoms with Gasteiger partial charge in [-0.15, -0.1) is 11.3 Å². The summed E-state index contributed by atoms with van der Waals surface area (Å²) in [5.74, 6) is 3.76. The molecule has 0 aliphatic heterocycles. The number of nitrogens with zero attached hydrogens (tertiary/aromatic N) is 1. The Bertz CT molecular complexity index is 838. The maximum atomic E-state index is 12.6. The normalized spacial score (nSPS) is 29.8. The molecular weight excluding hydrogens is 380 g/mol. The Morgan fingerprint density at radius 3 is 2.41 bits per heavy atom. The molecule has 5 heteroatoms. The van der Waals surface area contributed by atoms with Crippen LogP contribution in [0.5, 0.6) is 5.75 Å². The fourth-order valence-electron chi connectivity index (χ4n) is 6.40. The summed E-state index contributed by atoms with van der Waals surface area (Å²) in [6.45, 7) is 3.51. The number of carbonyl (C=O) groups excluding carboxylic acids is 1. The molecule has 0 atom stereocenters. The Balaban J connectivity index is 1.17. The molecule has 1 aromatic carbocycles. The minimum Gasteiger partial charge on any atom is -0.494 e. The van der Waals surface area contributed by atoms with Crippen molar-refractivity contribution in [3.05, 3.63) is 35.3 Å². The van der Waals surface area contributed by atoms with Crippen LogP contribution in [0.25, 0.3) is 10.6 Å². The lowest BCUT2D eigenvalue weighted by atomic mass is 9.49. The van der Waals surface area contributed by atoms with Crippen molar-refractivity contribution in [2.45, 2.75) is 51.9 Å². The van der Waals surface area contributed by atoms with Crippen molar-refractivity contribution in [1.29, 1.82) is 0 Å². The predicted octanol–water partition coefficient (Wildman–Crippen LogP) is 5.08. The molecule has 1 N–H and O–H groups in total. The molecule has 4 bridgehead atoms. The fraction of sp³-hybridized carbons (Fsp3) is 0.583. The lowest BCUT2D eigenvalue weighted by Gasteiger charge is -2.56. The number of carbonyl (C=O) groups is 1. The van der Waals surface area contributed by atoms with Crippen LogP contribution in [0.3, 0.4) is 0 Å². The number of aromatic nitrogens is 1. The molecule has 1 amide bonds. The van der Waals surface area contributed by atoms with Gasteiger partial charge in [0.1, 0.15) is 10.8 Å². The highest BCUT2D eigenvalue weighted by atomic mass is 32.1. The summed E-state index contributed by atoms with van der Waals surface area (Å²) in [4.78, 5) is 17.3. The minimum absolute atomic E-state index is 0.115. The molecule has 0 radical (unpaired) electrons. The van der Waals surface area contributed by atoms with Crippen LogP contribution in [0.15, 0.2) is 29.6 Å². The zero-order valence-corrected chi connectivity index (χ0v) is 18.0. The highest BCUT2D eigenvalue weighted by Crippen LogP contribution is 2.59. The first-order valence-electron chi connectivity index (χ1n) is 11.1. The Kier molecular flexibility index (Phi) is 5.10. The van der Waals surface area contributed by atoms with E-state index in [4.69, 9.17) is 4.74 Å². The van der Waals surface area contributed by atoms with E-state index in [0.717, 1.165) is 46.3 Å². The van der Waals surface area contributed by atoms with Gasteiger partial charge in [-0.2, -0.15) is 0 Å². The van der Waals surface area contributed by atoms with Gasteiger partial charge in [-0.1, -0.05) is 0 Å². The minimum atomic E-state index is 0.115. The summed E-state index contributed by atoms with van der Waals surface area (Å²) < 4.78 is 5.50. The van der Waals surface area contributed by atoms with Crippen LogP contribution in [0.2, 0.25) is 0 Å². The van der Waals surface area contributed by atoms with Gasteiger partial charge in [0.25, 0.3) is 0 Å². The molecule has 6 rings (SSSR count). The molecule has 4 fully saturated rings. The van der Waals surface area contributed by atoms with E-state index in [1.165, 1.54) is 38.5 Å². The van der Waals surface area contributed by atoms with Gasteiger partial charge in [0.05, 0.1) is 18.7 Å². The molecule has 4 nitrogen and oxygen atoms in total. The third kappa shape index (κ3) is 4.07. The van der Waals surface area contributed by atoms with E-state index in [0.29, 0.717) is 18.4 Å². The summed E-state index contributed by atoms with van der Waals surface area (Å²) >= 11 is 1.60. The topological polar surface area (TPSA) is 51.2 Å². The average Bonchev–Trinajstić information content (AvgIpc) is 3.15. The zero-order valence-electron chi connectivity index (χ0n) is 17.2. The van der Waals surface area contributed by atoms with Gasteiger partial charge in [-0.05, 0) is 92.9 Å². The second-order valence-corrected chi connectivity index (χ2v) is 10.3. The summed E-state index contributed by atoms with van der Waals surface area (Å²) in [7, 11) is 0. The van der Waals surface area contributed by atoms with Crippen LogP contribution in [0, 0.1) is 23.2 Å². The monoisotopic (exact) mass is 410 g/mol. The molecule has 4 aliphatic rings. The van der Waals surface area contributed by atoms with Gasteiger partial charge in [0, 0.05) is 17.5 Å². The molecule has 2 aromatic rings. The van der Waals surface area contributed by atoms with E-state index in [9.17, 15) is 4.79 Å². The maximum absolute atomic E-state index is 12.6. The van der Waals surface area contributed by atoms with Crippen molar-refractivity contribution >= 4 is 17.2 Å². The van der Waals surface area contributed by atoms with Crippen molar-refractivity contribution in [2.24, 2.45) is 23.2 Å². The number of nitrogens with one attached hydrogen (secondary N) is 1. The first-order valence-corrected chi connectivity index (χ1v) is 11.9. The van der Waals surface area contributed by atoms with Gasteiger partial charge in [-0.25, -0.2) is 4.98 Å². The maximum Gasteiger partial charge on any atom is 0.226 e. The highest BCUT2D eigenvalue weighted by molar-refractivity contribution is 7.13. The molecule has 4 aliphatic carbocycles. The predicted molar refractivity (Wildman–Crippen MR) is 116 cm³/mol. The third-order valence-corrected chi connectivity index (χ3v) is 8.07. The lowest BCUT2D eigenvalue weighted by molar-refractivity contribution is -0.122.